The second kappa shape index (κ2) is 7.38. The van der Waals surface area contributed by atoms with Gasteiger partial charge in [-0.2, -0.15) is 0 Å². The van der Waals surface area contributed by atoms with E-state index in [2.05, 4.69) is 15.5 Å². The molecule has 9 heteroatoms. The summed E-state index contributed by atoms with van der Waals surface area (Å²) in [6, 6.07) is -0.0577. The van der Waals surface area contributed by atoms with Crippen molar-refractivity contribution < 1.29 is 19.2 Å². The molecular formula is C17H23ClN4O4. The van der Waals surface area contributed by atoms with Gasteiger partial charge in [0.05, 0.1) is 30.2 Å². The second-order valence-corrected chi connectivity index (χ2v) is 7.26. The first-order valence-corrected chi connectivity index (χ1v) is 8.99. The van der Waals surface area contributed by atoms with Crippen LogP contribution in [0.15, 0.2) is 4.52 Å². The lowest BCUT2D eigenvalue weighted by molar-refractivity contribution is -0.00533. The molecule has 2 aromatic heterocycles. The molecule has 2 aromatic rings. The van der Waals surface area contributed by atoms with E-state index in [4.69, 9.17) is 20.9 Å². The normalized spacial score (nSPS) is 20.8. The molecule has 1 fully saturated rings. The van der Waals surface area contributed by atoms with Gasteiger partial charge >= 0.3 is 0 Å². The van der Waals surface area contributed by atoms with Crippen LogP contribution < -0.4 is 10.2 Å². The maximum absolute atomic E-state index is 12.3. The number of carbonyl (C=O) groups excluding carboxylic acids is 1. The molecule has 0 aliphatic carbocycles. The Morgan fingerprint density at radius 3 is 2.62 bits per heavy atom. The zero-order valence-electron chi connectivity index (χ0n) is 15.2. The second-order valence-electron chi connectivity index (χ2n) is 6.88. The SMILES string of the molecule is CC(C)NC(=O)c1noc2c(Cl)c(N3CC(C)OC(C)C3)c(CO)nc12. The average molecular weight is 383 g/mol. The van der Waals surface area contributed by atoms with E-state index in [-0.39, 0.29) is 46.7 Å². The lowest BCUT2D eigenvalue weighted by Crippen LogP contribution is -2.46. The quantitative estimate of drug-likeness (QED) is 0.835. The highest BCUT2D eigenvalue weighted by Gasteiger charge is 2.30. The molecule has 0 bridgehead atoms. The average Bonchev–Trinajstić information content (AvgIpc) is 2.97. The third-order valence-corrected chi connectivity index (χ3v) is 4.47. The van der Waals surface area contributed by atoms with Crippen LogP contribution in [0.2, 0.25) is 5.02 Å². The fourth-order valence-electron chi connectivity index (χ4n) is 3.23. The van der Waals surface area contributed by atoms with Crippen LogP contribution in [-0.4, -0.2) is 52.5 Å². The summed E-state index contributed by atoms with van der Waals surface area (Å²) in [6.45, 7) is 8.55. The number of halogens is 1. The van der Waals surface area contributed by atoms with E-state index in [1.54, 1.807) is 0 Å². The van der Waals surface area contributed by atoms with Crippen molar-refractivity contribution in [3.05, 3.63) is 16.4 Å². The Morgan fingerprint density at radius 2 is 2.04 bits per heavy atom. The lowest BCUT2D eigenvalue weighted by Gasteiger charge is -2.37. The summed E-state index contributed by atoms with van der Waals surface area (Å²) in [7, 11) is 0. The number of carbonyl (C=O) groups is 1. The Kier molecular flexibility index (Phi) is 5.36. The molecule has 1 aliphatic rings. The largest absolute Gasteiger partial charge is 0.390 e. The summed E-state index contributed by atoms with van der Waals surface area (Å²) in [5, 5.41) is 16.7. The molecule has 0 spiro atoms. The molecule has 26 heavy (non-hydrogen) atoms. The number of hydrogen-bond donors (Lipinski definition) is 2. The van der Waals surface area contributed by atoms with Gasteiger partial charge in [0.15, 0.2) is 5.69 Å². The molecule has 2 N–H and O–H groups in total. The maximum Gasteiger partial charge on any atom is 0.275 e. The van der Waals surface area contributed by atoms with Gasteiger partial charge in [0.25, 0.3) is 5.91 Å². The van der Waals surface area contributed by atoms with E-state index in [1.807, 2.05) is 32.6 Å². The first-order valence-electron chi connectivity index (χ1n) is 8.61. The zero-order chi connectivity index (χ0) is 19.0. The fraction of sp³-hybridized carbons (Fsp3) is 0.588. The Morgan fingerprint density at radius 1 is 1.38 bits per heavy atom. The summed E-state index contributed by atoms with van der Waals surface area (Å²) in [6.07, 6.45) is 0.0262. The van der Waals surface area contributed by atoms with E-state index >= 15 is 0 Å². The first-order chi connectivity index (χ1) is 12.3. The molecular weight excluding hydrogens is 360 g/mol. The highest BCUT2D eigenvalue weighted by molar-refractivity contribution is 6.37. The summed E-state index contributed by atoms with van der Waals surface area (Å²) in [5.74, 6) is -0.396. The van der Waals surface area contributed by atoms with Crippen LogP contribution in [0.1, 0.15) is 43.9 Å². The number of nitrogens with one attached hydrogen (secondary N) is 1. The molecule has 2 unspecified atom stereocenters. The van der Waals surface area contributed by atoms with Gasteiger partial charge in [-0.1, -0.05) is 16.8 Å². The molecule has 142 valence electrons. The van der Waals surface area contributed by atoms with E-state index in [1.165, 1.54) is 0 Å². The Bertz CT molecular complexity index is 813. The first kappa shape index (κ1) is 18.9. The summed E-state index contributed by atoms with van der Waals surface area (Å²) < 4.78 is 11.1. The molecule has 0 aromatic carbocycles. The van der Waals surface area contributed by atoms with Gasteiger partial charge in [-0.05, 0) is 27.7 Å². The number of rotatable bonds is 4. The van der Waals surface area contributed by atoms with Crippen LogP contribution in [0.5, 0.6) is 0 Å². The van der Waals surface area contributed by atoms with Gasteiger partial charge < -0.3 is 24.6 Å². The standard InChI is InChI=1S/C17H23ClN4O4/c1-8(2)19-17(24)14-13-16(26-21-14)12(18)15(11(7-23)20-13)22-5-9(3)25-10(4)6-22/h8-10,23H,5-7H2,1-4H3,(H,19,24). The van der Waals surface area contributed by atoms with Crippen LogP contribution in [0.3, 0.4) is 0 Å². The number of pyridine rings is 1. The smallest absolute Gasteiger partial charge is 0.275 e. The summed E-state index contributed by atoms with van der Waals surface area (Å²) in [4.78, 5) is 18.8. The van der Waals surface area contributed by atoms with Gasteiger partial charge in [0.2, 0.25) is 5.58 Å². The van der Waals surface area contributed by atoms with Crippen molar-refractivity contribution in [2.75, 3.05) is 18.0 Å². The van der Waals surface area contributed by atoms with Crippen LogP contribution in [0.4, 0.5) is 5.69 Å². The van der Waals surface area contributed by atoms with Gasteiger partial charge in [0, 0.05) is 19.1 Å². The minimum atomic E-state index is -0.396. The maximum atomic E-state index is 12.3. The van der Waals surface area contributed by atoms with Crippen LogP contribution in [0.25, 0.3) is 11.1 Å². The molecule has 1 saturated heterocycles. The van der Waals surface area contributed by atoms with Crippen molar-refractivity contribution in [3.63, 3.8) is 0 Å². The number of anilines is 1. The molecule has 3 rings (SSSR count). The van der Waals surface area contributed by atoms with E-state index in [0.29, 0.717) is 24.5 Å². The third kappa shape index (κ3) is 3.49. The fourth-order valence-corrected chi connectivity index (χ4v) is 3.58. The predicted molar refractivity (Wildman–Crippen MR) is 97.6 cm³/mol. The number of fused-ring (bicyclic) bond motifs is 1. The van der Waals surface area contributed by atoms with Gasteiger partial charge in [-0.15, -0.1) is 0 Å². The highest BCUT2D eigenvalue weighted by Crippen LogP contribution is 2.37. The molecule has 1 amide bonds. The highest BCUT2D eigenvalue weighted by atomic mass is 35.5. The summed E-state index contributed by atoms with van der Waals surface area (Å²) >= 11 is 6.58. The molecule has 0 saturated carbocycles. The van der Waals surface area contributed by atoms with Crippen molar-refractivity contribution in [1.82, 2.24) is 15.5 Å². The topological polar surface area (TPSA) is 101 Å². The lowest BCUT2D eigenvalue weighted by atomic mass is 10.1. The van der Waals surface area contributed by atoms with Crippen LogP contribution >= 0.6 is 11.6 Å². The number of amides is 1. The molecule has 3 heterocycles. The van der Waals surface area contributed by atoms with Gasteiger partial charge in [-0.25, -0.2) is 4.98 Å². The minimum Gasteiger partial charge on any atom is -0.390 e. The predicted octanol–water partition coefficient (Wildman–Crippen LogP) is 2.12. The monoisotopic (exact) mass is 382 g/mol. The number of aliphatic hydroxyl groups is 1. The van der Waals surface area contributed by atoms with E-state index < -0.39 is 5.91 Å². The van der Waals surface area contributed by atoms with Gasteiger partial charge in [0.1, 0.15) is 10.5 Å². The number of aromatic nitrogens is 2. The molecule has 2 atom stereocenters. The van der Waals surface area contributed by atoms with Crippen LogP contribution in [-0.2, 0) is 11.3 Å². The van der Waals surface area contributed by atoms with Crippen molar-refractivity contribution in [3.8, 4) is 0 Å². The number of aliphatic hydroxyl groups excluding tert-OH is 1. The van der Waals surface area contributed by atoms with Gasteiger partial charge in [-0.3, -0.25) is 4.79 Å². The number of ether oxygens (including phenoxy) is 1. The van der Waals surface area contributed by atoms with E-state index in [9.17, 15) is 9.90 Å². The third-order valence-electron chi connectivity index (χ3n) is 4.12. The molecule has 0 radical (unpaired) electrons. The number of nitrogens with zero attached hydrogens (tertiary/aromatic N) is 3. The van der Waals surface area contributed by atoms with Crippen molar-refractivity contribution in [2.45, 2.75) is 52.6 Å². The van der Waals surface area contributed by atoms with Crippen molar-refractivity contribution in [1.29, 1.82) is 0 Å². The van der Waals surface area contributed by atoms with Crippen molar-refractivity contribution >= 4 is 34.3 Å². The Balaban J connectivity index is 2.09. The van der Waals surface area contributed by atoms with E-state index in [0.717, 1.165) is 0 Å². The Labute approximate surface area is 156 Å². The summed E-state index contributed by atoms with van der Waals surface area (Å²) in [5.41, 5.74) is 1.51. The minimum absolute atomic E-state index is 0.0131. The molecule has 1 aliphatic heterocycles. The zero-order valence-corrected chi connectivity index (χ0v) is 16.0. The number of hydrogen-bond acceptors (Lipinski definition) is 7. The van der Waals surface area contributed by atoms with Crippen LogP contribution in [0, 0.1) is 0 Å². The Hall–Kier alpha value is -1.90. The van der Waals surface area contributed by atoms with Crippen molar-refractivity contribution in [2.24, 2.45) is 0 Å². The molecule has 8 nitrogen and oxygen atoms in total. The number of morpholine rings is 1.